The van der Waals surface area contributed by atoms with E-state index >= 15 is 0 Å². The van der Waals surface area contributed by atoms with Gasteiger partial charge in [-0.1, -0.05) is 45.7 Å². The minimum absolute atomic E-state index is 0.719. The first-order valence-corrected chi connectivity index (χ1v) is 8.13. The molecule has 0 saturated heterocycles. The third kappa shape index (κ3) is 7.07. The Hall–Kier alpha value is -0.470. The van der Waals surface area contributed by atoms with E-state index in [9.17, 15) is 0 Å². The molecule has 1 nitrogen and oxygen atoms in total. The van der Waals surface area contributed by atoms with Crippen LogP contribution in [-0.2, 0) is 6.54 Å². The SMILES string of the molecule is CCCCCSc1cccc(CNCC(C)C)c1. The number of hydrogen-bond acceptors (Lipinski definition) is 2. The summed E-state index contributed by atoms with van der Waals surface area (Å²) in [5.41, 5.74) is 1.40. The predicted octanol–water partition coefficient (Wildman–Crippen LogP) is 4.71. The average Bonchev–Trinajstić information content (AvgIpc) is 2.35. The molecule has 0 aliphatic rings. The highest BCUT2D eigenvalue weighted by Crippen LogP contribution is 2.20. The molecule has 0 bridgehead atoms. The maximum Gasteiger partial charge on any atom is 0.0206 e. The first kappa shape index (κ1) is 15.6. The van der Waals surface area contributed by atoms with E-state index in [2.05, 4.69) is 50.4 Å². The summed E-state index contributed by atoms with van der Waals surface area (Å²) in [6.07, 6.45) is 3.99. The van der Waals surface area contributed by atoms with Gasteiger partial charge in [-0.25, -0.2) is 0 Å². The Balaban J connectivity index is 2.32. The van der Waals surface area contributed by atoms with Crippen molar-refractivity contribution < 1.29 is 0 Å². The lowest BCUT2D eigenvalue weighted by Crippen LogP contribution is -2.18. The fourth-order valence-electron chi connectivity index (χ4n) is 1.79. The van der Waals surface area contributed by atoms with Gasteiger partial charge in [0.25, 0.3) is 0 Å². The standard InChI is InChI=1S/C16H27NS/c1-4-5-6-10-18-16-9-7-8-15(11-16)13-17-12-14(2)3/h7-9,11,14,17H,4-6,10,12-13H2,1-3H3. The molecule has 0 saturated carbocycles. The van der Waals surface area contributed by atoms with E-state index in [0.717, 1.165) is 19.0 Å². The average molecular weight is 265 g/mol. The van der Waals surface area contributed by atoms with Gasteiger partial charge in [0.05, 0.1) is 0 Å². The minimum Gasteiger partial charge on any atom is -0.312 e. The van der Waals surface area contributed by atoms with E-state index in [-0.39, 0.29) is 0 Å². The summed E-state index contributed by atoms with van der Waals surface area (Å²) in [7, 11) is 0. The van der Waals surface area contributed by atoms with Crippen molar-refractivity contribution in [2.45, 2.75) is 51.5 Å². The molecule has 2 heteroatoms. The lowest BCUT2D eigenvalue weighted by atomic mass is 10.2. The Morgan fingerprint density at radius 1 is 1.22 bits per heavy atom. The molecular formula is C16H27NS. The molecule has 0 aromatic heterocycles. The van der Waals surface area contributed by atoms with Gasteiger partial charge in [-0.15, -0.1) is 11.8 Å². The molecule has 18 heavy (non-hydrogen) atoms. The zero-order valence-corrected chi connectivity index (χ0v) is 12.9. The predicted molar refractivity (Wildman–Crippen MR) is 83.2 cm³/mol. The number of unbranched alkanes of at least 4 members (excludes halogenated alkanes) is 2. The highest BCUT2D eigenvalue weighted by Gasteiger charge is 1.98. The van der Waals surface area contributed by atoms with E-state index in [1.807, 2.05) is 11.8 Å². The monoisotopic (exact) mass is 265 g/mol. The number of benzene rings is 1. The van der Waals surface area contributed by atoms with Gasteiger partial charge in [0.2, 0.25) is 0 Å². The first-order valence-electron chi connectivity index (χ1n) is 7.14. The third-order valence-electron chi connectivity index (χ3n) is 2.80. The van der Waals surface area contributed by atoms with Crippen LogP contribution < -0.4 is 5.32 Å². The molecule has 0 spiro atoms. The molecule has 0 aliphatic heterocycles. The Morgan fingerprint density at radius 3 is 2.78 bits per heavy atom. The second-order valence-electron chi connectivity index (χ2n) is 5.23. The van der Waals surface area contributed by atoms with Crippen LogP contribution in [-0.4, -0.2) is 12.3 Å². The van der Waals surface area contributed by atoms with Crippen LogP contribution in [0.25, 0.3) is 0 Å². The molecule has 0 aliphatic carbocycles. The topological polar surface area (TPSA) is 12.0 Å². The van der Waals surface area contributed by atoms with Crippen molar-refractivity contribution in [3.05, 3.63) is 29.8 Å². The van der Waals surface area contributed by atoms with Crippen molar-refractivity contribution in [3.63, 3.8) is 0 Å². The molecule has 0 heterocycles. The fourth-order valence-corrected chi connectivity index (χ4v) is 2.79. The molecule has 1 aromatic rings. The Morgan fingerprint density at radius 2 is 2.06 bits per heavy atom. The molecule has 1 rings (SSSR count). The highest BCUT2D eigenvalue weighted by atomic mass is 32.2. The van der Waals surface area contributed by atoms with Crippen molar-refractivity contribution in [1.29, 1.82) is 0 Å². The molecule has 102 valence electrons. The number of rotatable bonds is 9. The van der Waals surface area contributed by atoms with Gasteiger partial charge in [0.1, 0.15) is 0 Å². The maximum absolute atomic E-state index is 3.50. The largest absolute Gasteiger partial charge is 0.312 e. The van der Waals surface area contributed by atoms with Gasteiger partial charge in [0.15, 0.2) is 0 Å². The summed E-state index contributed by atoms with van der Waals surface area (Å²) < 4.78 is 0. The molecule has 0 radical (unpaired) electrons. The van der Waals surface area contributed by atoms with Gasteiger partial charge in [0, 0.05) is 11.4 Å². The van der Waals surface area contributed by atoms with Crippen LogP contribution in [0.15, 0.2) is 29.2 Å². The molecule has 0 atom stereocenters. The van der Waals surface area contributed by atoms with Crippen molar-refractivity contribution in [2.24, 2.45) is 5.92 Å². The fraction of sp³-hybridized carbons (Fsp3) is 0.625. The van der Waals surface area contributed by atoms with Crippen LogP contribution in [0.3, 0.4) is 0 Å². The third-order valence-corrected chi connectivity index (χ3v) is 3.88. The van der Waals surface area contributed by atoms with Gasteiger partial charge < -0.3 is 5.32 Å². The quantitative estimate of drug-likeness (QED) is 0.512. The minimum atomic E-state index is 0.719. The molecule has 1 aromatic carbocycles. The zero-order chi connectivity index (χ0) is 13.2. The van der Waals surface area contributed by atoms with Crippen molar-refractivity contribution >= 4 is 11.8 Å². The molecule has 1 N–H and O–H groups in total. The van der Waals surface area contributed by atoms with Crippen molar-refractivity contribution in [3.8, 4) is 0 Å². The van der Waals surface area contributed by atoms with Crippen LogP contribution >= 0.6 is 11.8 Å². The summed E-state index contributed by atoms with van der Waals surface area (Å²) in [5.74, 6) is 1.97. The summed E-state index contributed by atoms with van der Waals surface area (Å²) in [6, 6.07) is 8.93. The Labute approximate surface area is 117 Å². The van der Waals surface area contributed by atoms with Crippen LogP contribution in [0, 0.1) is 5.92 Å². The molecular weight excluding hydrogens is 238 g/mol. The van der Waals surface area contributed by atoms with Crippen LogP contribution in [0.4, 0.5) is 0 Å². The van der Waals surface area contributed by atoms with E-state index in [4.69, 9.17) is 0 Å². The van der Waals surface area contributed by atoms with Crippen LogP contribution in [0.1, 0.15) is 45.6 Å². The smallest absolute Gasteiger partial charge is 0.0206 e. The van der Waals surface area contributed by atoms with Gasteiger partial charge in [-0.05, 0) is 42.3 Å². The lowest BCUT2D eigenvalue weighted by molar-refractivity contribution is 0.552. The van der Waals surface area contributed by atoms with E-state index in [0.29, 0.717) is 0 Å². The number of hydrogen-bond donors (Lipinski definition) is 1. The Bertz CT molecular complexity index is 323. The van der Waals surface area contributed by atoms with Gasteiger partial charge >= 0.3 is 0 Å². The first-order chi connectivity index (χ1) is 8.72. The van der Waals surface area contributed by atoms with Crippen molar-refractivity contribution in [1.82, 2.24) is 5.32 Å². The summed E-state index contributed by atoms with van der Waals surface area (Å²) >= 11 is 1.99. The van der Waals surface area contributed by atoms with E-state index in [1.54, 1.807) is 0 Å². The van der Waals surface area contributed by atoms with Gasteiger partial charge in [-0.3, -0.25) is 0 Å². The second kappa shape index (κ2) is 9.46. The van der Waals surface area contributed by atoms with Crippen LogP contribution in [0.5, 0.6) is 0 Å². The number of thioether (sulfide) groups is 1. The molecule has 0 amide bonds. The van der Waals surface area contributed by atoms with Crippen LogP contribution in [0.2, 0.25) is 0 Å². The second-order valence-corrected chi connectivity index (χ2v) is 6.40. The lowest BCUT2D eigenvalue weighted by Gasteiger charge is -2.08. The highest BCUT2D eigenvalue weighted by molar-refractivity contribution is 7.99. The molecule has 0 unspecified atom stereocenters. The van der Waals surface area contributed by atoms with Crippen molar-refractivity contribution in [2.75, 3.05) is 12.3 Å². The number of nitrogens with one attached hydrogen (secondary N) is 1. The normalized spacial score (nSPS) is 11.1. The van der Waals surface area contributed by atoms with Gasteiger partial charge in [-0.2, -0.15) is 0 Å². The Kier molecular flexibility index (Phi) is 8.19. The zero-order valence-electron chi connectivity index (χ0n) is 12.0. The summed E-state index contributed by atoms with van der Waals surface area (Å²) in [4.78, 5) is 1.41. The summed E-state index contributed by atoms with van der Waals surface area (Å²) in [6.45, 7) is 8.82. The van der Waals surface area contributed by atoms with E-state index in [1.165, 1.54) is 35.5 Å². The van der Waals surface area contributed by atoms with E-state index < -0.39 is 0 Å². The molecule has 0 fully saturated rings. The summed E-state index contributed by atoms with van der Waals surface area (Å²) in [5, 5.41) is 3.50. The maximum atomic E-state index is 3.50.